The average molecular weight is 315 g/mol. The Labute approximate surface area is 141 Å². The Morgan fingerprint density at radius 3 is 2.42 bits per heavy atom. The standard InChI is InChI=1S/C21H17NO2/c23-16-15-22(21(24)14-13-17-7-2-1-3-8-17)20-12-6-10-18-9-4-5-11-19(18)20/h1-12,23H,15-16H2. The van der Waals surface area contributed by atoms with Gasteiger partial charge < -0.3 is 5.11 Å². The third-order valence-electron chi connectivity index (χ3n) is 3.71. The lowest BCUT2D eigenvalue weighted by Gasteiger charge is -2.21. The molecule has 0 aliphatic carbocycles. The van der Waals surface area contributed by atoms with Crippen LogP contribution in [0.3, 0.4) is 0 Å². The van der Waals surface area contributed by atoms with Crippen molar-refractivity contribution in [2.24, 2.45) is 0 Å². The predicted octanol–water partition coefficient (Wildman–Crippen LogP) is 3.22. The normalized spacial score (nSPS) is 10.0. The average Bonchev–Trinajstić information content (AvgIpc) is 2.65. The molecular weight excluding hydrogens is 298 g/mol. The van der Waals surface area contributed by atoms with Crippen LogP contribution in [0.2, 0.25) is 0 Å². The Kier molecular flexibility index (Phi) is 4.90. The van der Waals surface area contributed by atoms with Crippen molar-refractivity contribution in [1.29, 1.82) is 0 Å². The van der Waals surface area contributed by atoms with Gasteiger partial charge in [0, 0.05) is 23.4 Å². The van der Waals surface area contributed by atoms with Gasteiger partial charge in [-0.15, -0.1) is 0 Å². The summed E-state index contributed by atoms with van der Waals surface area (Å²) in [6.45, 7) is 0.0816. The van der Waals surface area contributed by atoms with E-state index >= 15 is 0 Å². The number of aliphatic hydroxyl groups excluding tert-OH is 1. The zero-order chi connectivity index (χ0) is 16.8. The molecular formula is C21H17NO2. The van der Waals surface area contributed by atoms with Crippen molar-refractivity contribution < 1.29 is 9.90 Å². The molecule has 0 aromatic heterocycles. The number of carbonyl (C=O) groups is 1. The van der Waals surface area contributed by atoms with Crippen molar-refractivity contribution in [1.82, 2.24) is 0 Å². The molecule has 0 heterocycles. The highest BCUT2D eigenvalue weighted by Gasteiger charge is 2.15. The van der Waals surface area contributed by atoms with Gasteiger partial charge in [-0.25, -0.2) is 0 Å². The van der Waals surface area contributed by atoms with Crippen LogP contribution in [0.15, 0.2) is 72.8 Å². The topological polar surface area (TPSA) is 40.5 Å². The SMILES string of the molecule is O=C(C#Cc1ccccc1)N(CCO)c1cccc2ccccc12. The summed E-state index contributed by atoms with van der Waals surface area (Å²) in [6, 6.07) is 23.0. The van der Waals surface area contributed by atoms with Gasteiger partial charge in [0.15, 0.2) is 0 Å². The number of carbonyl (C=O) groups excluding carboxylic acids is 1. The van der Waals surface area contributed by atoms with E-state index in [9.17, 15) is 9.90 Å². The monoisotopic (exact) mass is 315 g/mol. The molecule has 0 saturated heterocycles. The second kappa shape index (κ2) is 7.45. The summed E-state index contributed by atoms with van der Waals surface area (Å²) in [5, 5.41) is 11.4. The molecule has 118 valence electrons. The molecule has 0 unspecified atom stereocenters. The van der Waals surface area contributed by atoms with E-state index in [1.165, 1.54) is 4.90 Å². The number of hydrogen-bond donors (Lipinski definition) is 1. The zero-order valence-electron chi connectivity index (χ0n) is 13.1. The number of fused-ring (bicyclic) bond motifs is 1. The number of rotatable bonds is 3. The van der Waals surface area contributed by atoms with E-state index in [2.05, 4.69) is 11.8 Å². The van der Waals surface area contributed by atoms with Gasteiger partial charge in [-0.05, 0) is 23.6 Å². The molecule has 0 radical (unpaired) electrons. The van der Waals surface area contributed by atoms with E-state index in [-0.39, 0.29) is 19.1 Å². The van der Waals surface area contributed by atoms with Gasteiger partial charge in [-0.3, -0.25) is 9.69 Å². The van der Waals surface area contributed by atoms with Crippen LogP contribution in [0.4, 0.5) is 5.69 Å². The Morgan fingerprint density at radius 1 is 0.917 bits per heavy atom. The minimum atomic E-state index is -0.329. The molecule has 0 saturated carbocycles. The Morgan fingerprint density at radius 2 is 1.62 bits per heavy atom. The Hall–Kier alpha value is -3.09. The lowest BCUT2D eigenvalue weighted by atomic mass is 10.1. The van der Waals surface area contributed by atoms with Gasteiger partial charge in [0.2, 0.25) is 0 Å². The highest BCUT2D eigenvalue weighted by Crippen LogP contribution is 2.26. The summed E-state index contributed by atoms with van der Waals surface area (Å²) in [5.41, 5.74) is 1.54. The summed E-state index contributed by atoms with van der Waals surface area (Å²) >= 11 is 0. The highest BCUT2D eigenvalue weighted by molar-refractivity contribution is 6.10. The van der Waals surface area contributed by atoms with Crippen molar-refractivity contribution in [3.05, 3.63) is 78.4 Å². The third-order valence-corrected chi connectivity index (χ3v) is 3.71. The molecule has 1 amide bonds. The molecule has 3 nitrogen and oxygen atoms in total. The molecule has 3 aromatic rings. The lowest BCUT2D eigenvalue weighted by Crippen LogP contribution is -2.32. The molecule has 24 heavy (non-hydrogen) atoms. The van der Waals surface area contributed by atoms with E-state index in [1.54, 1.807) is 0 Å². The highest BCUT2D eigenvalue weighted by atomic mass is 16.3. The van der Waals surface area contributed by atoms with Crippen LogP contribution >= 0.6 is 0 Å². The summed E-state index contributed by atoms with van der Waals surface area (Å²) in [5.74, 6) is 5.22. The molecule has 0 fully saturated rings. The van der Waals surface area contributed by atoms with Crippen molar-refractivity contribution in [2.75, 3.05) is 18.1 Å². The molecule has 1 N–H and O–H groups in total. The van der Waals surface area contributed by atoms with Gasteiger partial charge >= 0.3 is 5.91 Å². The fourth-order valence-electron chi connectivity index (χ4n) is 2.59. The fraction of sp³-hybridized carbons (Fsp3) is 0.0952. The smallest absolute Gasteiger partial charge is 0.303 e. The van der Waals surface area contributed by atoms with Crippen LogP contribution in [-0.4, -0.2) is 24.2 Å². The molecule has 3 aromatic carbocycles. The minimum Gasteiger partial charge on any atom is -0.395 e. The summed E-state index contributed by atoms with van der Waals surface area (Å²) in [4.78, 5) is 14.1. The van der Waals surface area contributed by atoms with Gasteiger partial charge in [-0.2, -0.15) is 0 Å². The number of benzene rings is 3. The first-order chi connectivity index (χ1) is 11.8. The van der Waals surface area contributed by atoms with Gasteiger partial charge in [0.1, 0.15) is 0 Å². The Balaban J connectivity index is 1.97. The largest absolute Gasteiger partial charge is 0.395 e. The van der Waals surface area contributed by atoms with Crippen LogP contribution in [0, 0.1) is 11.8 Å². The first kappa shape index (κ1) is 15.8. The lowest BCUT2D eigenvalue weighted by molar-refractivity contribution is -0.113. The van der Waals surface area contributed by atoms with Crippen LogP contribution in [-0.2, 0) is 4.79 Å². The van der Waals surface area contributed by atoms with Crippen LogP contribution in [0.1, 0.15) is 5.56 Å². The number of anilines is 1. The molecule has 0 aliphatic rings. The maximum Gasteiger partial charge on any atom is 0.303 e. The Bertz CT molecular complexity index is 902. The zero-order valence-corrected chi connectivity index (χ0v) is 13.1. The summed E-state index contributed by atoms with van der Waals surface area (Å²) < 4.78 is 0. The van der Waals surface area contributed by atoms with Crippen molar-refractivity contribution in [2.45, 2.75) is 0 Å². The van der Waals surface area contributed by atoms with E-state index in [0.29, 0.717) is 0 Å². The van der Waals surface area contributed by atoms with Gasteiger partial charge in [0.25, 0.3) is 0 Å². The van der Waals surface area contributed by atoms with Crippen molar-refractivity contribution >= 4 is 22.4 Å². The van der Waals surface area contributed by atoms with Gasteiger partial charge in [0.05, 0.1) is 12.3 Å². The van der Waals surface area contributed by atoms with Crippen molar-refractivity contribution in [3.63, 3.8) is 0 Å². The number of nitrogens with zero attached hydrogens (tertiary/aromatic N) is 1. The number of amides is 1. The second-order valence-corrected chi connectivity index (χ2v) is 5.29. The third kappa shape index (κ3) is 3.45. The fourth-order valence-corrected chi connectivity index (χ4v) is 2.59. The van der Waals surface area contributed by atoms with Crippen molar-refractivity contribution in [3.8, 4) is 11.8 Å². The molecule has 0 atom stereocenters. The van der Waals surface area contributed by atoms with E-state index in [0.717, 1.165) is 22.0 Å². The first-order valence-corrected chi connectivity index (χ1v) is 7.77. The predicted molar refractivity (Wildman–Crippen MR) is 96.7 cm³/mol. The number of hydrogen-bond acceptors (Lipinski definition) is 2. The molecule has 0 spiro atoms. The molecule has 3 heteroatoms. The summed E-state index contributed by atoms with van der Waals surface area (Å²) in [6.07, 6.45) is 0. The van der Waals surface area contributed by atoms with Gasteiger partial charge in [-0.1, -0.05) is 60.5 Å². The van der Waals surface area contributed by atoms with Crippen LogP contribution in [0.5, 0.6) is 0 Å². The number of aliphatic hydroxyl groups is 1. The quantitative estimate of drug-likeness (QED) is 0.754. The molecule has 0 bridgehead atoms. The maximum atomic E-state index is 12.6. The minimum absolute atomic E-state index is 0.123. The van der Waals surface area contributed by atoms with E-state index in [1.807, 2.05) is 72.8 Å². The van der Waals surface area contributed by atoms with Crippen LogP contribution < -0.4 is 4.90 Å². The summed E-state index contributed by atoms with van der Waals surface area (Å²) in [7, 11) is 0. The second-order valence-electron chi connectivity index (χ2n) is 5.29. The first-order valence-electron chi connectivity index (χ1n) is 7.77. The van der Waals surface area contributed by atoms with E-state index in [4.69, 9.17) is 0 Å². The van der Waals surface area contributed by atoms with Crippen LogP contribution in [0.25, 0.3) is 10.8 Å². The molecule has 0 aliphatic heterocycles. The van der Waals surface area contributed by atoms with E-state index < -0.39 is 0 Å². The maximum absolute atomic E-state index is 12.6. The molecule has 3 rings (SSSR count).